The highest BCUT2D eigenvalue weighted by Gasteiger charge is 2.20. The molecule has 0 unspecified atom stereocenters. The molecule has 170 valence electrons. The minimum Gasteiger partial charge on any atom is -0.269 e. The summed E-state index contributed by atoms with van der Waals surface area (Å²) in [7, 11) is 0. The molecule has 1 amide bonds. The summed E-state index contributed by atoms with van der Waals surface area (Å²) in [5, 5.41) is 11.4. The highest BCUT2D eigenvalue weighted by atomic mass is 32.1. The fourth-order valence-corrected chi connectivity index (χ4v) is 4.64. The topological polar surface area (TPSA) is 94.6 Å². The van der Waals surface area contributed by atoms with Crippen molar-refractivity contribution in [2.24, 2.45) is 4.99 Å². The fraction of sp³-hybridized carbons (Fsp3) is 0.115. The van der Waals surface area contributed by atoms with E-state index in [1.807, 2.05) is 62.4 Å². The molecule has 0 fully saturated rings. The second-order valence-corrected chi connectivity index (χ2v) is 8.85. The second-order valence-electron chi connectivity index (χ2n) is 7.84. The van der Waals surface area contributed by atoms with E-state index in [4.69, 9.17) is 0 Å². The van der Waals surface area contributed by atoms with Crippen LogP contribution in [0.15, 0.2) is 94.7 Å². The van der Waals surface area contributed by atoms with E-state index in [0.717, 1.165) is 11.1 Å². The molecule has 0 spiro atoms. The highest BCUT2D eigenvalue weighted by molar-refractivity contribution is 7.12. The van der Waals surface area contributed by atoms with E-state index in [-0.39, 0.29) is 27.5 Å². The van der Waals surface area contributed by atoms with E-state index in [1.54, 1.807) is 12.1 Å². The predicted molar refractivity (Wildman–Crippen MR) is 132 cm³/mol. The number of aromatic nitrogens is 1. The molecule has 0 aliphatic heterocycles. The normalized spacial score (nSPS) is 11.6. The van der Waals surface area contributed by atoms with Gasteiger partial charge >= 0.3 is 0 Å². The smallest absolute Gasteiger partial charge is 0.269 e. The summed E-state index contributed by atoms with van der Waals surface area (Å²) in [4.78, 5) is 42.3. The van der Waals surface area contributed by atoms with Gasteiger partial charge in [0, 0.05) is 17.0 Å². The molecule has 0 saturated heterocycles. The number of carbonyl (C=O) groups is 1. The minimum absolute atomic E-state index is 0.112. The molecule has 3 aromatic carbocycles. The molecule has 8 heteroatoms. The Morgan fingerprint density at radius 3 is 2.32 bits per heavy atom. The monoisotopic (exact) mass is 471 g/mol. The Balaban J connectivity index is 2.02. The van der Waals surface area contributed by atoms with Gasteiger partial charge in [-0.1, -0.05) is 85.8 Å². The van der Waals surface area contributed by atoms with Gasteiger partial charge in [-0.3, -0.25) is 24.3 Å². The van der Waals surface area contributed by atoms with Gasteiger partial charge in [-0.05, 0) is 29.2 Å². The van der Waals surface area contributed by atoms with Gasteiger partial charge in [0.15, 0.2) is 0 Å². The maximum Gasteiger partial charge on any atom is 0.286 e. The molecular weight excluding hydrogens is 450 g/mol. The Morgan fingerprint density at radius 2 is 1.62 bits per heavy atom. The molecule has 0 atom stereocenters. The number of nitrogens with zero attached hydrogens (tertiary/aromatic N) is 3. The van der Waals surface area contributed by atoms with E-state index < -0.39 is 10.8 Å². The fourth-order valence-electron chi connectivity index (χ4n) is 3.62. The van der Waals surface area contributed by atoms with E-state index in [2.05, 4.69) is 4.99 Å². The highest BCUT2D eigenvalue weighted by Crippen LogP contribution is 2.24. The van der Waals surface area contributed by atoms with E-state index in [0.29, 0.717) is 10.6 Å². The van der Waals surface area contributed by atoms with Crippen molar-refractivity contribution in [1.29, 1.82) is 0 Å². The zero-order valence-corrected chi connectivity index (χ0v) is 19.4. The number of benzene rings is 3. The zero-order chi connectivity index (χ0) is 24.2. The van der Waals surface area contributed by atoms with Crippen LogP contribution in [0.5, 0.6) is 0 Å². The maximum absolute atomic E-state index is 13.4. The lowest BCUT2D eigenvalue weighted by Crippen LogP contribution is -2.31. The molecule has 34 heavy (non-hydrogen) atoms. The van der Waals surface area contributed by atoms with Gasteiger partial charge < -0.3 is 0 Å². The number of hydrogen-bond donors (Lipinski definition) is 0. The molecular formula is C26H21N3O4S. The van der Waals surface area contributed by atoms with Crippen molar-refractivity contribution in [2.75, 3.05) is 0 Å². The summed E-state index contributed by atoms with van der Waals surface area (Å²) < 4.78 is 1.40. The lowest BCUT2D eigenvalue weighted by atomic mass is 10.0. The number of carbonyl (C=O) groups excluding carboxylic acids is 1. The standard InChI is InChI=1S/C26H21N3O4S/c1-17(2)19-12-6-8-14-21(19)28-24(30)16-23(18-10-4-3-5-11-18)34-26(28)27-25(31)20-13-7-9-15-22(20)29(32)33/h3-17H,1-2H3/b27-26-. The molecule has 1 aromatic heterocycles. The van der Waals surface area contributed by atoms with Crippen molar-refractivity contribution in [3.8, 4) is 16.1 Å². The van der Waals surface area contributed by atoms with Gasteiger partial charge in [-0.15, -0.1) is 0 Å². The van der Waals surface area contributed by atoms with Gasteiger partial charge in [0.25, 0.3) is 17.2 Å². The van der Waals surface area contributed by atoms with Crippen LogP contribution in [0, 0.1) is 10.1 Å². The number of nitro groups is 1. The van der Waals surface area contributed by atoms with Crippen LogP contribution < -0.4 is 10.4 Å². The molecule has 4 aromatic rings. The van der Waals surface area contributed by atoms with E-state index in [1.165, 1.54) is 40.2 Å². The largest absolute Gasteiger partial charge is 0.286 e. The molecule has 4 rings (SSSR count). The SMILES string of the molecule is CC(C)c1ccccc1-n1c(=O)cc(-c2ccccc2)s/c1=N\C(=O)c1ccccc1[N+](=O)[O-]. The molecule has 7 nitrogen and oxygen atoms in total. The third-order valence-electron chi connectivity index (χ3n) is 5.25. The summed E-state index contributed by atoms with van der Waals surface area (Å²) in [5.74, 6) is -0.676. The summed E-state index contributed by atoms with van der Waals surface area (Å²) in [6, 6.07) is 23.9. The van der Waals surface area contributed by atoms with E-state index in [9.17, 15) is 19.7 Å². The van der Waals surface area contributed by atoms with Crippen LogP contribution in [0.4, 0.5) is 5.69 Å². The summed E-state index contributed by atoms with van der Waals surface area (Å²) in [6.07, 6.45) is 0. The Bertz CT molecular complexity index is 1500. The van der Waals surface area contributed by atoms with E-state index >= 15 is 0 Å². The van der Waals surface area contributed by atoms with Crippen LogP contribution in [0.1, 0.15) is 35.7 Å². The zero-order valence-electron chi connectivity index (χ0n) is 18.5. The molecule has 0 aliphatic carbocycles. The first-order valence-electron chi connectivity index (χ1n) is 10.6. The van der Waals surface area contributed by atoms with Crippen molar-refractivity contribution < 1.29 is 9.72 Å². The number of nitro benzene ring substituents is 1. The first-order chi connectivity index (χ1) is 16.4. The predicted octanol–water partition coefficient (Wildman–Crippen LogP) is 5.34. The number of hydrogen-bond acceptors (Lipinski definition) is 5. The van der Waals surface area contributed by atoms with Crippen molar-refractivity contribution in [3.05, 3.63) is 121 Å². The average molecular weight is 472 g/mol. The molecule has 0 saturated carbocycles. The van der Waals surface area contributed by atoms with Crippen molar-refractivity contribution in [3.63, 3.8) is 0 Å². The Morgan fingerprint density at radius 1 is 0.971 bits per heavy atom. The average Bonchev–Trinajstić information content (AvgIpc) is 2.84. The number of para-hydroxylation sites is 2. The summed E-state index contributed by atoms with van der Waals surface area (Å²) >= 11 is 1.17. The van der Waals surface area contributed by atoms with Crippen LogP contribution in [0.2, 0.25) is 0 Å². The number of rotatable bonds is 5. The van der Waals surface area contributed by atoms with Crippen LogP contribution in [0.25, 0.3) is 16.1 Å². The van der Waals surface area contributed by atoms with Crippen molar-refractivity contribution in [2.45, 2.75) is 19.8 Å². The Labute approximate surface area is 199 Å². The van der Waals surface area contributed by atoms with Crippen molar-refractivity contribution in [1.82, 2.24) is 4.57 Å². The number of amides is 1. The second kappa shape index (κ2) is 9.76. The first kappa shape index (κ1) is 23.0. The molecule has 0 aliphatic rings. The van der Waals surface area contributed by atoms with Crippen molar-refractivity contribution >= 4 is 22.9 Å². The lowest BCUT2D eigenvalue weighted by Gasteiger charge is -2.15. The van der Waals surface area contributed by atoms with Gasteiger partial charge in [0.2, 0.25) is 4.80 Å². The first-order valence-corrected chi connectivity index (χ1v) is 11.4. The lowest BCUT2D eigenvalue weighted by molar-refractivity contribution is -0.385. The maximum atomic E-state index is 13.4. The van der Waals surface area contributed by atoms with Crippen LogP contribution in [-0.4, -0.2) is 15.4 Å². The molecule has 0 bridgehead atoms. The minimum atomic E-state index is -0.788. The molecule has 1 heterocycles. The molecule has 0 N–H and O–H groups in total. The van der Waals surface area contributed by atoms with Gasteiger partial charge in [0.1, 0.15) is 5.56 Å². The van der Waals surface area contributed by atoms with Crippen LogP contribution in [-0.2, 0) is 0 Å². The quantitative estimate of drug-likeness (QED) is 0.290. The van der Waals surface area contributed by atoms with Gasteiger partial charge in [-0.2, -0.15) is 4.99 Å². The van der Waals surface area contributed by atoms with Crippen LogP contribution in [0.3, 0.4) is 0 Å². The summed E-state index contributed by atoms with van der Waals surface area (Å²) in [5.41, 5.74) is 1.52. The van der Waals surface area contributed by atoms with Gasteiger partial charge in [-0.25, -0.2) is 0 Å². The third-order valence-corrected chi connectivity index (χ3v) is 6.28. The Hall–Kier alpha value is -4.17. The third kappa shape index (κ3) is 4.62. The van der Waals surface area contributed by atoms with Gasteiger partial charge in [0.05, 0.1) is 10.6 Å². The van der Waals surface area contributed by atoms with Crippen LogP contribution >= 0.6 is 11.3 Å². The summed E-state index contributed by atoms with van der Waals surface area (Å²) in [6.45, 7) is 4.03. The Kier molecular flexibility index (Phi) is 6.60. The molecule has 0 radical (unpaired) electrons.